The largest absolute Gasteiger partial charge is 0.481 e. The van der Waals surface area contributed by atoms with Gasteiger partial charge < -0.3 is 25.2 Å². The van der Waals surface area contributed by atoms with Gasteiger partial charge in [-0.1, -0.05) is 30.3 Å². The molecule has 1 rings (SSSR count). The SMILES string of the molecule is O=C(O)CC(CC(COCc1ccccc1)C(O)CO)C(=O)O. The maximum atomic E-state index is 11.1. The minimum absolute atomic E-state index is 0.0278. The van der Waals surface area contributed by atoms with Crippen molar-refractivity contribution in [3.05, 3.63) is 35.9 Å². The number of ether oxygens (including phenoxy) is 1. The predicted octanol–water partition coefficient (Wildman–Crippen LogP) is 0.738. The average Bonchev–Trinajstić information content (AvgIpc) is 2.52. The molecule has 0 aromatic heterocycles. The Bertz CT molecular complexity index is 488. The lowest BCUT2D eigenvalue weighted by Gasteiger charge is -2.24. The molecule has 0 aliphatic carbocycles. The van der Waals surface area contributed by atoms with Crippen molar-refractivity contribution in [1.82, 2.24) is 0 Å². The van der Waals surface area contributed by atoms with Crippen molar-refractivity contribution in [3.63, 3.8) is 0 Å². The highest BCUT2D eigenvalue weighted by Gasteiger charge is 2.29. The lowest BCUT2D eigenvalue weighted by atomic mass is 9.89. The fraction of sp³-hybridized carbons (Fsp3) is 0.500. The van der Waals surface area contributed by atoms with Crippen molar-refractivity contribution < 1.29 is 34.8 Å². The van der Waals surface area contributed by atoms with Crippen LogP contribution in [0.2, 0.25) is 0 Å². The zero-order valence-corrected chi connectivity index (χ0v) is 12.7. The van der Waals surface area contributed by atoms with E-state index in [0.717, 1.165) is 5.56 Å². The first kappa shape index (κ1) is 19.1. The van der Waals surface area contributed by atoms with Gasteiger partial charge in [-0.25, -0.2) is 0 Å². The summed E-state index contributed by atoms with van der Waals surface area (Å²) in [6, 6.07) is 9.30. The van der Waals surface area contributed by atoms with Gasteiger partial charge in [0.05, 0.1) is 38.3 Å². The lowest BCUT2D eigenvalue weighted by molar-refractivity contribution is -0.149. The Kier molecular flexibility index (Phi) is 8.25. The maximum Gasteiger partial charge on any atom is 0.307 e. The minimum atomic E-state index is -1.24. The average molecular weight is 326 g/mol. The monoisotopic (exact) mass is 326 g/mol. The molecule has 4 N–H and O–H groups in total. The molecule has 7 heteroatoms. The van der Waals surface area contributed by atoms with E-state index >= 15 is 0 Å². The normalized spacial score (nSPS) is 14.9. The van der Waals surface area contributed by atoms with Gasteiger partial charge in [-0.3, -0.25) is 9.59 Å². The quantitative estimate of drug-likeness (QED) is 0.472. The van der Waals surface area contributed by atoms with E-state index in [2.05, 4.69) is 0 Å². The number of hydrogen-bond acceptors (Lipinski definition) is 5. The molecule has 0 fully saturated rings. The first-order valence-electron chi connectivity index (χ1n) is 7.29. The molecule has 0 aliphatic rings. The first-order valence-corrected chi connectivity index (χ1v) is 7.29. The fourth-order valence-corrected chi connectivity index (χ4v) is 2.24. The van der Waals surface area contributed by atoms with Crippen molar-refractivity contribution in [2.24, 2.45) is 11.8 Å². The third-order valence-electron chi connectivity index (χ3n) is 3.53. The van der Waals surface area contributed by atoms with Crippen LogP contribution >= 0.6 is 0 Å². The van der Waals surface area contributed by atoms with Crippen molar-refractivity contribution in [1.29, 1.82) is 0 Å². The Morgan fingerprint density at radius 1 is 1.13 bits per heavy atom. The van der Waals surface area contributed by atoms with Crippen LogP contribution in [0.5, 0.6) is 0 Å². The smallest absolute Gasteiger partial charge is 0.307 e. The van der Waals surface area contributed by atoms with Crippen molar-refractivity contribution >= 4 is 11.9 Å². The number of carboxylic acids is 2. The third-order valence-corrected chi connectivity index (χ3v) is 3.53. The maximum absolute atomic E-state index is 11.1. The van der Waals surface area contributed by atoms with Crippen LogP contribution in [0.15, 0.2) is 30.3 Å². The fourth-order valence-electron chi connectivity index (χ4n) is 2.24. The second-order valence-electron chi connectivity index (χ2n) is 5.38. The van der Waals surface area contributed by atoms with E-state index < -0.39 is 42.9 Å². The zero-order chi connectivity index (χ0) is 17.2. The molecule has 128 valence electrons. The number of rotatable bonds is 11. The second-order valence-corrected chi connectivity index (χ2v) is 5.38. The van der Waals surface area contributed by atoms with E-state index in [1.165, 1.54) is 0 Å². The molecule has 0 radical (unpaired) electrons. The summed E-state index contributed by atoms with van der Waals surface area (Å²) in [5, 5.41) is 36.7. The van der Waals surface area contributed by atoms with E-state index in [9.17, 15) is 14.7 Å². The molecular formula is C16H22O7. The van der Waals surface area contributed by atoms with Crippen molar-refractivity contribution in [2.45, 2.75) is 25.6 Å². The van der Waals surface area contributed by atoms with Gasteiger partial charge in [0.25, 0.3) is 0 Å². The van der Waals surface area contributed by atoms with E-state index in [1.54, 1.807) is 0 Å². The van der Waals surface area contributed by atoms with E-state index in [4.69, 9.17) is 20.1 Å². The molecule has 23 heavy (non-hydrogen) atoms. The highest BCUT2D eigenvalue weighted by molar-refractivity contribution is 5.77. The summed E-state index contributed by atoms with van der Waals surface area (Å²) in [5.41, 5.74) is 0.921. The Morgan fingerprint density at radius 3 is 2.30 bits per heavy atom. The van der Waals surface area contributed by atoms with Crippen LogP contribution in [0, 0.1) is 11.8 Å². The Morgan fingerprint density at radius 2 is 1.78 bits per heavy atom. The molecule has 3 atom stereocenters. The van der Waals surface area contributed by atoms with Gasteiger partial charge in [-0.15, -0.1) is 0 Å². The van der Waals surface area contributed by atoms with Crippen molar-refractivity contribution in [3.8, 4) is 0 Å². The van der Waals surface area contributed by atoms with Gasteiger partial charge in [0.1, 0.15) is 0 Å². The van der Waals surface area contributed by atoms with Crippen LogP contribution in [0.3, 0.4) is 0 Å². The summed E-state index contributed by atoms with van der Waals surface area (Å²) in [5.74, 6) is -4.27. The van der Waals surface area contributed by atoms with Crippen LogP contribution < -0.4 is 0 Å². The van der Waals surface area contributed by atoms with Gasteiger partial charge in [0.15, 0.2) is 0 Å². The molecule has 0 saturated carbocycles. The standard InChI is InChI=1S/C16H22O7/c17-8-14(18)13(6-12(16(21)22)7-15(19)20)10-23-9-11-4-2-1-3-5-11/h1-5,12-14,17-18H,6-10H2,(H,19,20)(H,21,22). The van der Waals surface area contributed by atoms with Gasteiger partial charge in [-0.05, 0) is 12.0 Å². The number of carboxylic acid groups (broad SMARTS) is 2. The Balaban J connectivity index is 2.60. The van der Waals surface area contributed by atoms with Gasteiger partial charge in [0.2, 0.25) is 0 Å². The Labute approximate surface area is 134 Å². The second kappa shape index (κ2) is 9.94. The summed E-state index contributed by atoms with van der Waals surface area (Å²) in [4.78, 5) is 21.9. The molecule has 3 unspecified atom stereocenters. The first-order chi connectivity index (χ1) is 10.9. The predicted molar refractivity (Wildman–Crippen MR) is 80.7 cm³/mol. The summed E-state index contributed by atoms with van der Waals surface area (Å²) >= 11 is 0. The molecule has 0 amide bonds. The molecule has 0 aliphatic heterocycles. The topological polar surface area (TPSA) is 124 Å². The summed E-state index contributed by atoms with van der Waals surface area (Å²) in [6.07, 6.45) is -1.79. The molecule has 0 spiro atoms. The van der Waals surface area contributed by atoms with Crippen LogP contribution in [0.1, 0.15) is 18.4 Å². The molecule has 0 bridgehead atoms. The van der Waals surface area contributed by atoms with Crippen LogP contribution in [-0.4, -0.2) is 51.7 Å². The highest BCUT2D eigenvalue weighted by atomic mass is 16.5. The molecule has 7 nitrogen and oxygen atoms in total. The highest BCUT2D eigenvalue weighted by Crippen LogP contribution is 2.21. The van der Waals surface area contributed by atoms with Crippen LogP contribution in [0.4, 0.5) is 0 Å². The number of benzene rings is 1. The van der Waals surface area contributed by atoms with E-state index in [0.29, 0.717) is 0 Å². The molecule has 0 saturated heterocycles. The van der Waals surface area contributed by atoms with Crippen molar-refractivity contribution in [2.75, 3.05) is 13.2 Å². The Hall–Kier alpha value is -1.96. The molecular weight excluding hydrogens is 304 g/mol. The third kappa shape index (κ3) is 7.23. The van der Waals surface area contributed by atoms with Crippen LogP contribution in [-0.2, 0) is 20.9 Å². The number of hydrogen-bond donors (Lipinski definition) is 4. The summed E-state index contributed by atoms with van der Waals surface area (Å²) < 4.78 is 5.48. The molecule has 0 heterocycles. The van der Waals surface area contributed by atoms with Gasteiger partial charge in [0, 0.05) is 5.92 Å². The van der Waals surface area contributed by atoms with E-state index in [1.807, 2.05) is 30.3 Å². The molecule has 1 aromatic rings. The number of carbonyl (C=O) groups is 2. The molecule has 1 aromatic carbocycles. The lowest BCUT2D eigenvalue weighted by Crippen LogP contribution is -2.32. The summed E-state index contributed by atoms with van der Waals surface area (Å²) in [6.45, 7) is -0.231. The number of aliphatic hydroxyl groups excluding tert-OH is 2. The number of aliphatic carboxylic acids is 2. The van der Waals surface area contributed by atoms with E-state index in [-0.39, 0.29) is 19.6 Å². The van der Waals surface area contributed by atoms with Gasteiger partial charge >= 0.3 is 11.9 Å². The zero-order valence-electron chi connectivity index (χ0n) is 12.7. The number of aliphatic hydroxyl groups is 2. The van der Waals surface area contributed by atoms with Gasteiger partial charge in [-0.2, -0.15) is 0 Å². The summed E-state index contributed by atoms with van der Waals surface area (Å²) in [7, 11) is 0. The minimum Gasteiger partial charge on any atom is -0.481 e. The van der Waals surface area contributed by atoms with Crippen LogP contribution in [0.25, 0.3) is 0 Å².